The predicted molar refractivity (Wildman–Crippen MR) is 100 cm³/mol. The van der Waals surface area contributed by atoms with E-state index in [9.17, 15) is 18.0 Å². The summed E-state index contributed by atoms with van der Waals surface area (Å²) in [5.41, 5.74) is 2.24. The van der Waals surface area contributed by atoms with Crippen LogP contribution in [-0.2, 0) is 16.6 Å². The number of carbonyl (C=O) groups excluding carboxylic acids is 2. The number of benzene rings is 2. The number of nitrogens with zero attached hydrogens (tertiary/aromatic N) is 1. The van der Waals surface area contributed by atoms with Crippen LogP contribution in [0.25, 0.3) is 0 Å². The van der Waals surface area contributed by atoms with E-state index in [1.54, 1.807) is 42.5 Å². The van der Waals surface area contributed by atoms with Crippen LogP contribution in [0.15, 0.2) is 42.5 Å². The number of methoxy groups -OCH3 is 1. The molecule has 3 rings (SSSR count). The van der Waals surface area contributed by atoms with Crippen molar-refractivity contribution in [2.75, 3.05) is 19.4 Å². The normalized spacial score (nSPS) is 13.8. The second-order valence-electron chi connectivity index (χ2n) is 6.30. The van der Waals surface area contributed by atoms with Gasteiger partial charge in [-0.2, -0.15) is 0 Å². The van der Waals surface area contributed by atoms with E-state index < -0.39 is 21.8 Å². The second-order valence-corrected chi connectivity index (χ2v) is 8.23. The van der Waals surface area contributed by atoms with Gasteiger partial charge in [0.15, 0.2) is 0 Å². The molecule has 0 aliphatic carbocycles. The zero-order chi connectivity index (χ0) is 19.6. The van der Waals surface area contributed by atoms with E-state index in [2.05, 4.69) is 4.72 Å². The quantitative estimate of drug-likeness (QED) is 0.729. The molecular weight excluding hydrogens is 368 g/mol. The summed E-state index contributed by atoms with van der Waals surface area (Å²) >= 11 is 0. The molecule has 1 aliphatic rings. The van der Waals surface area contributed by atoms with Crippen molar-refractivity contribution in [1.29, 1.82) is 0 Å². The van der Waals surface area contributed by atoms with Crippen LogP contribution in [0.3, 0.4) is 0 Å². The zero-order valence-corrected chi connectivity index (χ0v) is 15.9. The number of aryl methyl sites for hydroxylation is 1. The highest BCUT2D eigenvalue weighted by molar-refractivity contribution is 7.89. The van der Waals surface area contributed by atoms with E-state index in [4.69, 9.17) is 4.74 Å². The fraction of sp³-hybridized carbons (Fsp3) is 0.263. The molecule has 1 aliphatic heterocycles. The number of carbonyl (C=O) groups is 2. The van der Waals surface area contributed by atoms with Crippen molar-refractivity contribution in [3.8, 4) is 5.75 Å². The average Bonchev–Trinajstić information content (AvgIpc) is 2.88. The lowest BCUT2D eigenvalue weighted by atomic mass is 10.1. The molecule has 0 fully saturated rings. The van der Waals surface area contributed by atoms with Crippen LogP contribution in [0.5, 0.6) is 5.75 Å². The van der Waals surface area contributed by atoms with Gasteiger partial charge in [-0.05, 0) is 36.8 Å². The lowest BCUT2D eigenvalue weighted by molar-refractivity contribution is 0.0664. The number of amides is 2. The Morgan fingerprint density at radius 2 is 1.78 bits per heavy atom. The van der Waals surface area contributed by atoms with Gasteiger partial charge in [-0.25, -0.2) is 13.1 Å². The zero-order valence-electron chi connectivity index (χ0n) is 15.1. The fourth-order valence-electron chi connectivity index (χ4n) is 2.87. The molecule has 8 heteroatoms. The maximum absolute atomic E-state index is 12.4. The van der Waals surface area contributed by atoms with E-state index in [-0.39, 0.29) is 18.8 Å². The highest BCUT2D eigenvalue weighted by Crippen LogP contribution is 2.23. The molecule has 0 unspecified atom stereocenters. The average molecular weight is 388 g/mol. The molecule has 2 aromatic rings. The molecule has 0 aromatic heterocycles. The van der Waals surface area contributed by atoms with Crippen molar-refractivity contribution in [2.45, 2.75) is 13.5 Å². The molecular formula is C19H20N2O5S. The minimum atomic E-state index is -3.67. The largest absolute Gasteiger partial charge is 0.497 e. The Morgan fingerprint density at radius 3 is 2.52 bits per heavy atom. The molecule has 0 saturated heterocycles. The Hall–Kier alpha value is -2.71. The molecule has 27 heavy (non-hydrogen) atoms. The third-order valence-corrected chi connectivity index (χ3v) is 5.64. The van der Waals surface area contributed by atoms with Gasteiger partial charge in [0.05, 0.1) is 24.0 Å². The number of hydrogen-bond donors (Lipinski definition) is 1. The number of fused-ring (bicyclic) bond motifs is 1. The smallest absolute Gasteiger partial charge is 0.261 e. The van der Waals surface area contributed by atoms with Crippen LogP contribution >= 0.6 is 0 Å². The van der Waals surface area contributed by atoms with Gasteiger partial charge < -0.3 is 4.74 Å². The SMILES string of the molecule is COc1cccc(CNS(=O)(=O)CCN2C(=O)c3ccc(C)cc3C2=O)c1. The summed E-state index contributed by atoms with van der Waals surface area (Å²) in [7, 11) is -2.13. The molecule has 0 atom stereocenters. The third-order valence-electron chi connectivity index (χ3n) is 4.34. The van der Waals surface area contributed by atoms with Crippen LogP contribution in [0.1, 0.15) is 31.8 Å². The van der Waals surface area contributed by atoms with Crippen molar-refractivity contribution in [2.24, 2.45) is 0 Å². The first-order valence-corrected chi connectivity index (χ1v) is 10.0. The molecule has 0 radical (unpaired) electrons. The Labute approximate surface area is 158 Å². The number of imide groups is 1. The molecule has 2 amide bonds. The van der Waals surface area contributed by atoms with E-state index in [0.29, 0.717) is 16.9 Å². The maximum Gasteiger partial charge on any atom is 0.261 e. The van der Waals surface area contributed by atoms with Gasteiger partial charge in [0.1, 0.15) is 5.75 Å². The highest BCUT2D eigenvalue weighted by Gasteiger charge is 2.35. The minimum Gasteiger partial charge on any atom is -0.497 e. The van der Waals surface area contributed by atoms with Crippen LogP contribution in [0.4, 0.5) is 0 Å². The molecule has 2 aromatic carbocycles. The van der Waals surface area contributed by atoms with Gasteiger partial charge in [0.25, 0.3) is 11.8 Å². The van der Waals surface area contributed by atoms with Gasteiger partial charge in [-0.1, -0.05) is 23.8 Å². The Morgan fingerprint density at radius 1 is 1.04 bits per heavy atom. The van der Waals surface area contributed by atoms with Crippen LogP contribution in [0.2, 0.25) is 0 Å². The Balaban J connectivity index is 1.62. The summed E-state index contributed by atoms with van der Waals surface area (Å²) < 4.78 is 32.1. The van der Waals surface area contributed by atoms with Crippen molar-refractivity contribution in [1.82, 2.24) is 9.62 Å². The van der Waals surface area contributed by atoms with Crippen LogP contribution < -0.4 is 9.46 Å². The first-order chi connectivity index (χ1) is 12.8. The molecule has 1 heterocycles. The summed E-state index contributed by atoms with van der Waals surface area (Å²) in [6.45, 7) is 1.73. The molecule has 1 N–H and O–H groups in total. The number of nitrogens with one attached hydrogen (secondary N) is 1. The van der Waals surface area contributed by atoms with Crippen molar-refractivity contribution >= 4 is 21.8 Å². The van der Waals surface area contributed by atoms with E-state index in [1.807, 2.05) is 6.92 Å². The van der Waals surface area contributed by atoms with Crippen molar-refractivity contribution in [3.05, 3.63) is 64.7 Å². The number of rotatable bonds is 7. The van der Waals surface area contributed by atoms with Gasteiger partial charge >= 0.3 is 0 Å². The maximum atomic E-state index is 12.4. The van der Waals surface area contributed by atoms with Crippen molar-refractivity contribution in [3.63, 3.8) is 0 Å². The monoisotopic (exact) mass is 388 g/mol. The minimum absolute atomic E-state index is 0.0981. The molecule has 0 spiro atoms. The lowest BCUT2D eigenvalue weighted by Gasteiger charge is -2.14. The lowest BCUT2D eigenvalue weighted by Crippen LogP contribution is -2.37. The van der Waals surface area contributed by atoms with Crippen LogP contribution in [-0.4, -0.2) is 44.5 Å². The van der Waals surface area contributed by atoms with Gasteiger partial charge in [0.2, 0.25) is 10.0 Å². The summed E-state index contributed by atoms with van der Waals surface area (Å²) in [5, 5.41) is 0. The van der Waals surface area contributed by atoms with E-state index in [0.717, 1.165) is 16.0 Å². The third kappa shape index (κ3) is 4.17. The molecule has 0 saturated carbocycles. The van der Waals surface area contributed by atoms with E-state index in [1.165, 1.54) is 7.11 Å². The predicted octanol–water partition coefficient (Wildman–Crippen LogP) is 1.72. The fourth-order valence-corrected chi connectivity index (χ4v) is 3.82. The second kappa shape index (κ2) is 7.50. The molecule has 142 valence electrons. The van der Waals surface area contributed by atoms with Gasteiger partial charge in [-0.15, -0.1) is 0 Å². The Kier molecular flexibility index (Phi) is 5.29. The van der Waals surface area contributed by atoms with E-state index >= 15 is 0 Å². The van der Waals surface area contributed by atoms with Gasteiger partial charge in [-0.3, -0.25) is 14.5 Å². The highest BCUT2D eigenvalue weighted by atomic mass is 32.2. The van der Waals surface area contributed by atoms with Crippen molar-refractivity contribution < 1.29 is 22.7 Å². The summed E-state index contributed by atoms with van der Waals surface area (Å²) in [6, 6.07) is 12.0. The first kappa shape index (κ1) is 19.1. The summed E-state index contributed by atoms with van der Waals surface area (Å²) in [5.74, 6) is -0.644. The number of hydrogen-bond acceptors (Lipinski definition) is 5. The Bertz CT molecular complexity index is 1000. The van der Waals surface area contributed by atoms with Gasteiger partial charge in [0, 0.05) is 13.1 Å². The van der Waals surface area contributed by atoms with Crippen LogP contribution in [0, 0.1) is 6.92 Å². The first-order valence-electron chi connectivity index (χ1n) is 8.38. The standard InChI is InChI=1S/C19H20N2O5S/c1-13-6-7-16-17(10-13)19(23)21(18(16)22)8-9-27(24,25)20-12-14-4-3-5-15(11-14)26-2/h3-7,10-11,20H,8-9,12H2,1-2H3. The summed E-state index contributed by atoms with van der Waals surface area (Å²) in [4.78, 5) is 25.7. The molecule has 0 bridgehead atoms. The number of sulfonamides is 1. The topological polar surface area (TPSA) is 92.8 Å². The summed E-state index contributed by atoms with van der Waals surface area (Å²) in [6.07, 6.45) is 0. The number of ether oxygens (including phenoxy) is 1. The molecule has 7 nitrogen and oxygen atoms in total.